The van der Waals surface area contributed by atoms with Crippen LogP contribution in [-0.4, -0.2) is 38.4 Å². The highest BCUT2D eigenvalue weighted by Crippen LogP contribution is 2.28. The average Bonchev–Trinajstić information content (AvgIpc) is 2.88. The highest BCUT2D eigenvalue weighted by molar-refractivity contribution is 7.91. The van der Waals surface area contributed by atoms with Crippen LogP contribution in [-0.2, 0) is 16.4 Å². The second-order valence-electron chi connectivity index (χ2n) is 6.17. The summed E-state index contributed by atoms with van der Waals surface area (Å²) in [7, 11) is -3.27. The lowest BCUT2D eigenvalue weighted by Crippen LogP contribution is -2.37. The Labute approximate surface area is 132 Å². The van der Waals surface area contributed by atoms with Crippen LogP contribution in [0.4, 0.5) is 0 Å². The van der Waals surface area contributed by atoms with E-state index >= 15 is 0 Å². The van der Waals surface area contributed by atoms with E-state index in [1.54, 1.807) is 10.4 Å². The molecule has 21 heavy (non-hydrogen) atoms. The molecule has 0 aliphatic carbocycles. The first-order valence-electron chi connectivity index (χ1n) is 7.72. The van der Waals surface area contributed by atoms with Gasteiger partial charge in [0.1, 0.15) is 4.21 Å². The molecule has 0 unspecified atom stereocenters. The summed E-state index contributed by atoms with van der Waals surface area (Å²) >= 11 is 1.42. The first-order valence-corrected chi connectivity index (χ1v) is 9.97. The number of hydrogen-bond donors (Lipinski definition) is 1. The number of sulfonamides is 1. The molecule has 1 aliphatic heterocycles. The predicted molar refractivity (Wildman–Crippen MR) is 88.3 cm³/mol. The van der Waals surface area contributed by atoms with Crippen LogP contribution in [0.5, 0.6) is 0 Å². The fourth-order valence-corrected chi connectivity index (χ4v) is 5.45. The van der Waals surface area contributed by atoms with Crippen molar-refractivity contribution in [2.24, 2.45) is 5.92 Å². The Hall–Kier alpha value is -0.430. The van der Waals surface area contributed by atoms with Gasteiger partial charge in [0.2, 0.25) is 0 Å². The molecular weight excluding hydrogens is 304 g/mol. The van der Waals surface area contributed by atoms with Crippen LogP contribution in [0.3, 0.4) is 0 Å². The maximum Gasteiger partial charge on any atom is 0.252 e. The number of nitrogens with zero attached hydrogens (tertiary/aromatic N) is 1. The van der Waals surface area contributed by atoms with Gasteiger partial charge in [-0.25, -0.2) is 8.42 Å². The first kappa shape index (κ1) is 16.9. The normalized spacial score (nSPS) is 18.5. The molecule has 0 spiro atoms. The summed E-state index contributed by atoms with van der Waals surface area (Å²) in [6.45, 7) is 8.62. The van der Waals surface area contributed by atoms with Crippen molar-refractivity contribution in [3.05, 3.63) is 17.0 Å². The van der Waals surface area contributed by atoms with E-state index < -0.39 is 10.0 Å². The van der Waals surface area contributed by atoms with Crippen molar-refractivity contribution in [1.29, 1.82) is 0 Å². The smallest absolute Gasteiger partial charge is 0.252 e. The van der Waals surface area contributed by atoms with E-state index in [4.69, 9.17) is 0 Å². The summed E-state index contributed by atoms with van der Waals surface area (Å²) in [5, 5.41) is 3.36. The van der Waals surface area contributed by atoms with E-state index in [-0.39, 0.29) is 0 Å². The van der Waals surface area contributed by atoms with Gasteiger partial charge in [0, 0.05) is 30.6 Å². The maximum absolute atomic E-state index is 12.6. The molecule has 0 aromatic carbocycles. The van der Waals surface area contributed by atoms with E-state index in [9.17, 15) is 8.42 Å². The number of hydrogen-bond acceptors (Lipinski definition) is 4. The Kier molecular flexibility index (Phi) is 5.82. The lowest BCUT2D eigenvalue weighted by molar-refractivity contribution is 0.288. The molecule has 1 aromatic heterocycles. The van der Waals surface area contributed by atoms with Crippen molar-refractivity contribution in [3.63, 3.8) is 0 Å². The summed E-state index contributed by atoms with van der Waals surface area (Å²) in [6, 6.07) is 4.18. The van der Waals surface area contributed by atoms with Gasteiger partial charge in [0.15, 0.2) is 0 Å². The number of rotatable bonds is 6. The van der Waals surface area contributed by atoms with Crippen LogP contribution in [0.1, 0.15) is 38.5 Å². The van der Waals surface area contributed by atoms with Crippen molar-refractivity contribution >= 4 is 21.4 Å². The number of thiophene rings is 1. The molecule has 1 aromatic rings. The minimum Gasteiger partial charge on any atom is -0.314 e. The number of piperidine rings is 1. The van der Waals surface area contributed by atoms with E-state index in [1.807, 2.05) is 6.07 Å². The van der Waals surface area contributed by atoms with Crippen molar-refractivity contribution in [1.82, 2.24) is 9.62 Å². The Morgan fingerprint density at radius 3 is 2.62 bits per heavy atom. The Bertz CT molecular complexity index is 544. The monoisotopic (exact) mass is 330 g/mol. The predicted octanol–water partition coefficient (Wildman–Crippen LogP) is 2.71. The molecule has 2 heterocycles. The summed E-state index contributed by atoms with van der Waals surface area (Å²) in [5.74, 6) is 0.637. The first-order chi connectivity index (χ1) is 9.89. The minimum atomic E-state index is -3.27. The average molecular weight is 331 g/mol. The third-order valence-corrected chi connectivity index (χ3v) is 7.41. The highest BCUT2D eigenvalue weighted by atomic mass is 32.2. The molecule has 1 N–H and O–H groups in total. The topological polar surface area (TPSA) is 49.4 Å². The van der Waals surface area contributed by atoms with Gasteiger partial charge in [0.25, 0.3) is 10.0 Å². The molecular formula is C15H26N2O2S2. The van der Waals surface area contributed by atoms with Gasteiger partial charge < -0.3 is 5.32 Å². The van der Waals surface area contributed by atoms with E-state index in [0.29, 0.717) is 29.3 Å². The SMILES string of the molecule is CC1CCN(S(=O)(=O)c2ccc(CCNC(C)C)s2)CC1. The van der Waals surface area contributed by atoms with E-state index in [2.05, 4.69) is 26.1 Å². The van der Waals surface area contributed by atoms with Crippen LogP contribution in [0.2, 0.25) is 0 Å². The standard InChI is InChI=1S/C15H26N2O2S2/c1-12(2)16-9-6-14-4-5-15(20-14)21(18,19)17-10-7-13(3)8-11-17/h4-5,12-13,16H,6-11H2,1-3H3. The van der Waals surface area contributed by atoms with Gasteiger partial charge in [-0.2, -0.15) is 4.31 Å². The molecule has 4 nitrogen and oxygen atoms in total. The summed E-state index contributed by atoms with van der Waals surface area (Å²) in [4.78, 5) is 1.13. The molecule has 6 heteroatoms. The van der Waals surface area contributed by atoms with Crippen molar-refractivity contribution in [2.45, 2.75) is 50.3 Å². The molecule has 120 valence electrons. The summed E-state index contributed by atoms with van der Waals surface area (Å²) in [5.41, 5.74) is 0. The van der Waals surface area contributed by atoms with Gasteiger partial charge in [-0.3, -0.25) is 0 Å². The van der Waals surface area contributed by atoms with Gasteiger partial charge in [-0.05, 0) is 37.3 Å². The molecule has 0 amide bonds. The Balaban J connectivity index is 1.99. The van der Waals surface area contributed by atoms with Crippen LogP contribution < -0.4 is 5.32 Å². The van der Waals surface area contributed by atoms with Crippen molar-refractivity contribution < 1.29 is 8.42 Å². The van der Waals surface area contributed by atoms with Gasteiger partial charge in [-0.1, -0.05) is 20.8 Å². The fourth-order valence-electron chi connectivity index (χ4n) is 2.47. The summed E-state index contributed by atoms with van der Waals surface area (Å²) < 4.78 is 27.4. The van der Waals surface area contributed by atoms with Crippen molar-refractivity contribution in [2.75, 3.05) is 19.6 Å². The molecule has 0 radical (unpaired) electrons. The highest BCUT2D eigenvalue weighted by Gasteiger charge is 2.29. The molecule has 1 aliphatic rings. The zero-order chi connectivity index (χ0) is 15.5. The van der Waals surface area contributed by atoms with Crippen LogP contribution in [0, 0.1) is 5.92 Å². The van der Waals surface area contributed by atoms with Crippen LogP contribution >= 0.6 is 11.3 Å². The summed E-state index contributed by atoms with van der Waals surface area (Å²) in [6.07, 6.45) is 2.82. The Morgan fingerprint density at radius 1 is 1.33 bits per heavy atom. The van der Waals surface area contributed by atoms with E-state index in [0.717, 1.165) is 30.7 Å². The number of nitrogens with one attached hydrogen (secondary N) is 1. The molecule has 0 bridgehead atoms. The third-order valence-electron chi connectivity index (χ3n) is 3.90. The lowest BCUT2D eigenvalue weighted by atomic mass is 10.0. The fraction of sp³-hybridized carbons (Fsp3) is 0.733. The largest absolute Gasteiger partial charge is 0.314 e. The van der Waals surface area contributed by atoms with Gasteiger partial charge >= 0.3 is 0 Å². The lowest BCUT2D eigenvalue weighted by Gasteiger charge is -2.28. The molecule has 1 saturated heterocycles. The van der Waals surface area contributed by atoms with E-state index in [1.165, 1.54) is 11.3 Å². The zero-order valence-electron chi connectivity index (χ0n) is 13.1. The molecule has 0 atom stereocenters. The second-order valence-corrected chi connectivity index (χ2v) is 9.50. The molecule has 1 fully saturated rings. The Morgan fingerprint density at radius 2 is 2.00 bits per heavy atom. The van der Waals surface area contributed by atoms with Crippen LogP contribution in [0.15, 0.2) is 16.3 Å². The van der Waals surface area contributed by atoms with Crippen molar-refractivity contribution in [3.8, 4) is 0 Å². The zero-order valence-corrected chi connectivity index (χ0v) is 14.8. The molecule has 2 rings (SSSR count). The second kappa shape index (κ2) is 7.22. The van der Waals surface area contributed by atoms with Gasteiger partial charge in [-0.15, -0.1) is 11.3 Å². The van der Waals surface area contributed by atoms with Crippen LogP contribution in [0.25, 0.3) is 0 Å². The maximum atomic E-state index is 12.6. The van der Waals surface area contributed by atoms with Gasteiger partial charge in [0.05, 0.1) is 0 Å². The quantitative estimate of drug-likeness (QED) is 0.872. The third kappa shape index (κ3) is 4.52. The molecule has 0 saturated carbocycles. The minimum absolute atomic E-state index is 0.462.